The van der Waals surface area contributed by atoms with E-state index in [2.05, 4.69) is 15.6 Å². The number of rotatable bonds is 11. The molecule has 16 heteroatoms. The van der Waals surface area contributed by atoms with E-state index in [1.54, 1.807) is 39.0 Å². The highest BCUT2D eigenvalue weighted by Crippen LogP contribution is 2.42. The standard InChI is InChI=1S/C40H39Cl2F3N6O5/c1-39(2,3)56-38(54)50(21-26-12-14-33(52)48-26)20-24-11-13-31(49-36(24)55-4)30-10-6-9-29(35(30)42)28-8-5-7-27(34(28)41)23-15-16-51-32(17-23)47-19-25(37(51)53)18-46-22-40(43,44)45/h5-11,13,15-17,19,26,46H,12,14,18,20-22H2,1-4H3,(H,48,52)/t26-/m0/s1. The SMILES string of the molecule is COc1nc(-c2cccc(-c3cccc(-c4ccn5c(=O)c(CNCC(F)(F)F)cnc5c4)c3Cl)c2Cl)ccc1CN(C[C@@H]1CCC(=O)N1)C(=O)OC(C)(C)C. The topological polar surface area (TPSA) is 127 Å². The van der Waals surface area contributed by atoms with E-state index in [1.165, 1.54) is 28.8 Å². The molecule has 56 heavy (non-hydrogen) atoms. The number of halogens is 5. The molecule has 1 atom stereocenters. The van der Waals surface area contributed by atoms with Gasteiger partial charge < -0.3 is 25.0 Å². The fourth-order valence-corrected chi connectivity index (χ4v) is 7.04. The number of aromatic nitrogens is 3. The van der Waals surface area contributed by atoms with Crippen LogP contribution >= 0.6 is 23.2 Å². The van der Waals surface area contributed by atoms with Gasteiger partial charge >= 0.3 is 12.3 Å². The van der Waals surface area contributed by atoms with Gasteiger partial charge in [-0.2, -0.15) is 13.2 Å². The molecular weight excluding hydrogens is 772 g/mol. The summed E-state index contributed by atoms with van der Waals surface area (Å²) in [5.74, 6) is 0.220. The number of hydrogen-bond donors (Lipinski definition) is 2. The molecule has 2 amide bonds. The summed E-state index contributed by atoms with van der Waals surface area (Å²) in [6, 6.07) is 17.7. The summed E-state index contributed by atoms with van der Waals surface area (Å²) in [6.45, 7) is 4.21. The summed E-state index contributed by atoms with van der Waals surface area (Å²) in [5, 5.41) is 5.89. The van der Waals surface area contributed by atoms with Crippen molar-refractivity contribution in [1.82, 2.24) is 29.9 Å². The Morgan fingerprint density at radius 1 is 0.982 bits per heavy atom. The highest BCUT2D eigenvalue weighted by molar-refractivity contribution is 6.39. The van der Waals surface area contributed by atoms with Gasteiger partial charge in [0.1, 0.15) is 11.2 Å². The molecule has 294 valence electrons. The number of hydrogen-bond acceptors (Lipinski definition) is 8. The smallest absolute Gasteiger partial charge is 0.410 e. The van der Waals surface area contributed by atoms with Gasteiger partial charge in [-0.3, -0.25) is 14.0 Å². The van der Waals surface area contributed by atoms with Crippen molar-refractivity contribution in [3.63, 3.8) is 0 Å². The molecule has 1 aliphatic heterocycles. The molecule has 6 rings (SSSR count). The summed E-state index contributed by atoms with van der Waals surface area (Å²) < 4.78 is 50.4. The Bertz CT molecular complexity index is 2350. The zero-order valence-electron chi connectivity index (χ0n) is 31.0. The summed E-state index contributed by atoms with van der Waals surface area (Å²) in [4.78, 5) is 48.8. The lowest BCUT2D eigenvalue weighted by molar-refractivity contribution is -0.125. The largest absolute Gasteiger partial charge is 0.481 e. The lowest BCUT2D eigenvalue weighted by atomic mass is 9.97. The van der Waals surface area contributed by atoms with E-state index in [-0.39, 0.29) is 48.7 Å². The van der Waals surface area contributed by atoms with Gasteiger partial charge in [-0.15, -0.1) is 0 Å². The second-order valence-corrected chi connectivity index (χ2v) is 15.1. The number of ether oxygens (including phenoxy) is 2. The van der Waals surface area contributed by atoms with Crippen LogP contribution in [0, 0.1) is 0 Å². The Balaban J connectivity index is 1.27. The summed E-state index contributed by atoms with van der Waals surface area (Å²) in [5.41, 5.74) is 3.43. The molecule has 11 nitrogen and oxygen atoms in total. The minimum absolute atomic E-state index is 0.0591. The van der Waals surface area contributed by atoms with Crippen LogP contribution < -0.4 is 20.9 Å². The second kappa shape index (κ2) is 16.5. The van der Waals surface area contributed by atoms with E-state index in [1.807, 2.05) is 42.5 Å². The monoisotopic (exact) mass is 810 g/mol. The number of amides is 2. The first-order chi connectivity index (χ1) is 26.5. The van der Waals surface area contributed by atoms with E-state index in [0.29, 0.717) is 62.0 Å². The van der Waals surface area contributed by atoms with Gasteiger partial charge in [-0.05, 0) is 57.0 Å². The number of benzene rings is 2. The number of pyridine rings is 2. The maximum Gasteiger partial charge on any atom is 0.410 e. The molecule has 1 aliphatic rings. The number of alkyl halides is 3. The lowest BCUT2D eigenvalue weighted by Crippen LogP contribution is -2.43. The molecular formula is C40H39Cl2F3N6O5. The minimum atomic E-state index is -4.41. The molecule has 0 saturated carbocycles. The number of fused-ring (bicyclic) bond motifs is 1. The van der Waals surface area contributed by atoms with Crippen LogP contribution in [0.5, 0.6) is 5.88 Å². The first-order valence-corrected chi connectivity index (χ1v) is 18.4. The van der Waals surface area contributed by atoms with Crippen molar-refractivity contribution < 1.29 is 32.2 Å². The normalized spacial score (nSPS) is 14.5. The van der Waals surface area contributed by atoms with Crippen LogP contribution in [0.3, 0.4) is 0 Å². The number of nitrogens with one attached hydrogen (secondary N) is 2. The van der Waals surface area contributed by atoms with Crippen molar-refractivity contribution in [2.45, 2.75) is 64.5 Å². The van der Waals surface area contributed by atoms with Crippen molar-refractivity contribution in [2.24, 2.45) is 0 Å². The molecule has 4 heterocycles. The summed E-state index contributed by atoms with van der Waals surface area (Å²) >= 11 is 14.1. The van der Waals surface area contributed by atoms with Crippen LogP contribution in [0.4, 0.5) is 18.0 Å². The maximum atomic E-state index is 13.3. The van der Waals surface area contributed by atoms with Crippen molar-refractivity contribution in [3.05, 3.63) is 105 Å². The Kier molecular flexibility index (Phi) is 11.9. The van der Waals surface area contributed by atoms with Crippen LogP contribution in [0.1, 0.15) is 44.7 Å². The average Bonchev–Trinajstić information content (AvgIpc) is 3.55. The summed E-state index contributed by atoms with van der Waals surface area (Å²) in [6.07, 6.45) is -1.17. The van der Waals surface area contributed by atoms with Gasteiger partial charge in [-0.1, -0.05) is 59.6 Å². The van der Waals surface area contributed by atoms with Gasteiger partial charge in [0.05, 0.1) is 35.9 Å². The Morgan fingerprint density at radius 2 is 1.66 bits per heavy atom. The average molecular weight is 812 g/mol. The van der Waals surface area contributed by atoms with E-state index in [4.69, 9.17) is 37.7 Å². The molecule has 0 radical (unpaired) electrons. The quantitative estimate of drug-likeness (QED) is 0.137. The predicted octanol–water partition coefficient (Wildman–Crippen LogP) is 8.07. The van der Waals surface area contributed by atoms with Crippen molar-refractivity contribution in [3.8, 4) is 39.4 Å². The fourth-order valence-electron chi connectivity index (χ4n) is 6.37. The molecule has 0 unspecified atom stereocenters. The highest BCUT2D eigenvalue weighted by Gasteiger charge is 2.30. The van der Waals surface area contributed by atoms with Crippen LogP contribution in [-0.4, -0.2) is 69.3 Å². The maximum absolute atomic E-state index is 13.3. The van der Waals surface area contributed by atoms with E-state index < -0.39 is 30.0 Å². The van der Waals surface area contributed by atoms with Crippen LogP contribution in [0.15, 0.2) is 77.9 Å². The van der Waals surface area contributed by atoms with E-state index in [9.17, 15) is 27.6 Å². The molecule has 2 N–H and O–H groups in total. The summed E-state index contributed by atoms with van der Waals surface area (Å²) in [7, 11) is 1.49. The van der Waals surface area contributed by atoms with Crippen LogP contribution in [-0.2, 0) is 22.6 Å². The van der Waals surface area contributed by atoms with Crippen molar-refractivity contribution >= 4 is 40.8 Å². The molecule has 2 aromatic carbocycles. The molecule has 0 bridgehead atoms. The van der Waals surface area contributed by atoms with Gasteiger partial charge in [0.2, 0.25) is 11.8 Å². The highest BCUT2D eigenvalue weighted by atomic mass is 35.5. The minimum Gasteiger partial charge on any atom is -0.481 e. The zero-order chi connectivity index (χ0) is 40.4. The number of nitrogens with zero attached hydrogens (tertiary/aromatic N) is 4. The molecule has 0 spiro atoms. The Morgan fingerprint density at radius 3 is 2.30 bits per heavy atom. The Labute approximate surface area is 330 Å². The molecule has 5 aromatic rings. The first-order valence-electron chi connectivity index (χ1n) is 17.7. The van der Waals surface area contributed by atoms with Gasteiger partial charge in [0.15, 0.2) is 0 Å². The second-order valence-electron chi connectivity index (χ2n) is 14.3. The number of methoxy groups -OCH3 is 1. The fraction of sp³-hybridized carbons (Fsp3) is 0.325. The molecule has 0 aliphatic carbocycles. The van der Waals surface area contributed by atoms with Gasteiger partial charge in [0.25, 0.3) is 5.56 Å². The molecule has 3 aromatic heterocycles. The number of carbonyl (C=O) groups is 2. The molecule has 1 saturated heterocycles. The van der Waals surface area contributed by atoms with Crippen LogP contribution in [0.25, 0.3) is 39.2 Å². The number of carbonyl (C=O) groups excluding carboxylic acids is 2. The van der Waals surface area contributed by atoms with Gasteiger partial charge in [-0.25, -0.2) is 14.8 Å². The Hall–Kier alpha value is -5.18. The third-order valence-corrected chi connectivity index (χ3v) is 9.78. The zero-order valence-corrected chi connectivity index (χ0v) is 32.5. The third kappa shape index (κ3) is 9.43. The third-order valence-electron chi connectivity index (χ3n) is 8.97. The van der Waals surface area contributed by atoms with Gasteiger partial charge in [0, 0.05) is 71.3 Å². The molecule has 1 fully saturated rings. The van der Waals surface area contributed by atoms with Crippen molar-refractivity contribution in [1.29, 1.82) is 0 Å². The lowest BCUT2D eigenvalue weighted by Gasteiger charge is -2.29. The predicted molar refractivity (Wildman–Crippen MR) is 208 cm³/mol. The first kappa shape index (κ1) is 40.5. The van der Waals surface area contributed by atoms with E-state index >= 15 is 0 Å². The van der Waals surface area contributed by atoms with Crippen molar-refractivity contribution in [2.75, 3.05) is 20.2 Å². The van der Waals surface area contributed by atoms with Crippen LogP contribution in [0.2, 0.25) is 10.0 Å². The van der Waals surface area contributed by atoms with E-state index in [0.717, 1.165) is 0 Å².